The van der Waals surface area contributed by atoms with E-state index in [1.54, 1.807) is 0 Å². The van der Waals surface area contributed by atoms with Crippen LogP contribution in [0, 0.1) is 22.7 Å². The summed E-state index contributed by atoms with van der Waals surface area (Å²) in [6.45, 7) is 3.30. The van der Waals surface area contributed by atoms with Gasteiger partial charge in [0.2, 0.25) is 0 Å². The minimum Gasteiger partial charge on any atom is -0.394 e. The summed E-state index contributed by atoms with van der Waals surface area (Å²) in [5, 5.41) is 19.8. The van der Waals surface area contributed by atoms with Crippen molar-refractivity contribution in [3.63, 3.8) is 0 Å². The van der Waals surface area contributed by atoms with Crippen molar-refractivity contribution in [3.8, 4) is 0 Å². The van der Waals surface area contributed by atoms with Crippen LogP contribution < -0.4 is 0 Å². The van der Waals surface area contributed by atoms with Crippen molar-refractivity contribution >= 4 is 40.5 Å². The van der Waals surface area contributed by atoms with E-state index in [1.807, 2.05) is 0 Å². The summed E-state index contributed by atoms with van der Waals surface area (Å²) < 4.78 is 5.60. The maximum Gasteiger partial charge on any atom is 0.172 e. The molecule has 1 aliphatic heterocycles. The molecule has 7 atom stereocenters. The van der Waals surface area contributed by atoms with Gasteiger partial charge in [0.15, 0.2) is 23.1 Å². The molecule has 3 aliphatic rings. The van der Waals surface area contributed by atoms with Crippen LogP contribution in [0.15, 0.2) is 11.6 Å². The van der Waals surface area contributed by atoms with Crippen molar-refractivity contribution in [2.75, 3.05) is 6.61 Å². The van der Waals surface area contributed by atoms with Gasteiger partial charge in [-0.25, -0.2) is 0 Å². The molecule has 32 heavy (non-hydrogen) atoms. The van der Waals surface area contributed by atoms with E-state index < -0.39 is 94.5 Å². The van der Waals surface area contributed by atoms with Crippen LogP contribution in [0.3, 0.4) is 0 Å². The number of Topliss-reactive ketones (excluding diaryl/α,β-unsaturated/α-hetero) is 6. The van der Waals surface area contributed by atoms with Crippen molar-refractivity contribution in [3.05, 3.63) is 11.6 Å². The summed E-state index contributed by atoms with van der Waals surface area (Å²) in [4.78, 5) is 91.5. The van der Waals surface area contributed by atoms with Gasteiger partial charge in [0, 0.05) is 12.0 Å². The predicted octanol–water partition coefficient (Wildman–Crippen LogP) is -1.28. The smallest absolute Gasteiger partial charge is 0.172 e. The lowest BCUT2D eigenvalue weighted by Crippen LogP contribution is -2.63. The average Bonchev–Trinajstić information content (AvgIpc) is 3.26. The lowest BCUT2D eigenvalue weighted by molar-refractivity contribution is -0.173. The van der Waals surface area contributed by atoms with Crippen LogP contribution in [0.5, 0.6) is 0 Å². The van der Waals surface area contributed by atoms with Gasteiger partial charge in [-0.2, -0.15) is 0 Å². The van der Waals surface area contributed by atoms with E-state index in [0.717, 1.165) is 33.8 Å². The summed E-state index contributed by atoms with van der Waals surface area (Å²) in [7, 11) is 0. The molecule has 10 heteroatoms. The Kier molecular flexibility index (Phi) is 5.78. The molecule has 0 aromatic heterocycles. The second-order valence-corrected chi connectivity index (χ2v) is 8.66. The highest BCUT2D eigenvalue weighted by Gasteiger charge is 2.83. The molecule has 0 radical (unpaired) electrons. The molecule has 1 heterocycles. The number of aliphatic hydroxyl groups excluding tert-OH is 2. The molecule has 3 rings (SSSR count). The van der Waals surface area contributed by atoms with Crippen LogP contribution >= 0.6 is 0 Å². The molecule has 4 unspecified atom stereocenters. The second-order valence-electron chi connectivity index (χ2n) is 8.66. The van der Waals surface area contributed by atoms with Crippen molar-refractivity contribution < 1.29 is 48.5 Å². The van der Waals surface area contributed by atoms with Gasteiger partial charge in [-0.05, 0) is 33.8 Å². The fourth-order valence-electron chi connectivity index (χ4n) is 5.82. The van der Waals surface area contributed by atoms with Gasteiger partial charge < -0.3 is 14.9 Å². The summed E-state index contributed by atoms with van der Waals surface area (Å²) in [5.41, 5.74) is -5.66. The summed E-state index contributed by atoms with van der Waals surface area (Å²) in [5.74, 6) is -10.8. The molecule has 1 saturated heterocycles. The van der Waals surface area contributed by atoms with Gasteiger partial charge in [-0.3, -0.25) is 33.6 Å². The molecule has 10 nitrogen and oxygen atoms in total. The minimum atomic E-state index is -2.69. The Morgan fingerprint density at radius 2 is 1.62 bits per heavy atom. The van der Waals surface area contributed by atoms with E-state index in [0.29, 0.717) is 0 Å². The molecule has 0 bridgehead atoms. The Hall–Kier alpha value is -2.69. The number of ketones is 7. The van der Waals surface area contributed by atoms with Gasteiger partial charge >= 0.3 is 0 Å². The Morgan fingerprint density at radius 3 is 2.03 bits per heavy atom. The highest BCUT2D eigenvalue weighted by atomic mass is 16.5. The number of hydrogen-bond donors (Lipinski definition) is 2. The van der Waals surface area contributed by atoms with Crippen molar-refractivity contribution in [1.29, 1.82) is 0 Å². The maximum absolute atomic E-state index is 13.7. The third-order valence-electron chi connectivity index (χ3n) is 7.00. The van der Waals surface area contributed by atoms with Crippen LogP contribution in [0.4, 0.5) is 0 Å². The van der Waals surface area contributed by atoms with Gasteiger partial charge in [0.25, 0.3) is 0 Å². The average molecular weight is 448 g/mol. The number of aliphatic hydroxyl groups is 2. The van der Waals surface area contributed by atoms with E-state index in [-0.39, 0.29) is 5.57 Å². The van der Waals surface area contributed by atoms with Gasteiger partial charge in [-0.1, -0.05) is 0 Å². The minimum absolute atomic E-state index is 0.337. The van der Waals surface area contributed by atoms with Crippen LogP contribution in [0.25, 0.3) is 0 Å². The fraction of sp³-hybridized carbons (Fsp3) is 0.591. The molecule has 2 fully saturated rings. The lowest BCUT2D eigenvalue weighted by Gasteiger charge is -2.44. The number of ether oxygens (including phenoxy) is 1. The summed E-state index contributed by atoms with van der Waals surface area (Å²) >= 11 is 0. The standard InChI is InChI=1S/C22H24O10/c1-8(24)12-5-15(29)22(18(12)10(3)26)20(31)17(9(2)25)19(30)21(22,11(4)27)16-6-13(28)14(7-23)32-16/h5,13-14,16-18,23,28H,6-7H2,1-4H3/t13-,14+,16+,17?,18?,21?,22?/m0/s1. The normalized spacial score (nSPS) is 39.0. The maximum atomic E-state index is 13.7. The van der Waals surface area contributed by atoms with Crippen molar-refractivity contribution in [1.82, 2.24) is 0 Å². The molecule has 1 saturated carbocycles. The van der Waals surface area contributed by atoms with Gasteiger partial charge in [0.1, 0.15) is 40.2 Å². The van der Waals surface area contributed by atoms with E-state index >= 15 is 0 Å². The molecule has 2 N–H and O–H groups in total. The Bertz CT molecular complexity index is 1010. The largest absolute Gasteiger partial charge is 0.394 e. The van der Waals surface area contributed by atoms with Crippen LogP contribution in [-0.4, -0.2) is 75.6 Å². The topological polar surface area (TPSA) is 169 Å². The first kappa shape index (κ1) is 24.0. The quantitative estimate of drug-likeness (QED) is 0.467. The molecular formula is C22H24O10. The zero-order valence-electron chi connectivity index (χ0n) is 18.0. The highest BCUT2D eigenvalue weighted by molar-refractivity contribution is 6.41. The van der Waals surface area contributed by atoms with Crippen LogP contribution in [0.1, 0.15) is 34.1 Å². The zero-order chi connectivity index (χ0) is 24.3. The number of hydrogen-bond acceptors (Lipinski definition) is 10. The van der Waals surface area contributed by atoms with Crippen LogP contribution in [-0.2, 0) is 38.3 Å². The number of rotatable bonds is 6. The number of allylic oxidation sites excluding steroid dienone is 2. The third kappa shape index (κ3) is 2.66. The van der Waals surface area contributed by atoms with Crippen LogP contribution in [0.2, 0.25) is 0 Å². The first-order valence-electron chi connectivity index (χ1n) is 10.1. The highest BCUT2D eigenvalue weighted by Crippen LogP contribution is 2.64. The van der Waals surface area contributed by atoms with E-state index in [4.69, 9.17) is 4.74 Å². The monoisotopic (exact) mass is 448 g/mol. The van der Waals surface area contributed by atoms with Gasteiger partial charge in [0.05, 0.1) is 24.7 Å². The molecule has 1 spiro atoms. The lowest BCUT2D eigenvalue weighted by atomic mass is 9.52. The molecule has 172 valence electrons. The first-order chi connectivity index (χ1) is 14.8. The molecule has 2 aliphatic carbocycles. The molecule has 0 amide bonds. The Labute approximate surface area is 183 Å². The van der Waals surface area contributed by atoms with E-state index in [2.05, 4.69) is 0 Å². The van der Waals surface area contributed by atoms with Crippen molar-refractivity contribution in [2.24, 2.45) is 22.7 Å². The molecule has 0 aromatic rings. The molecular weight excluding hydrogens is 424 g/mol. The predicted molar refractivity (Wildman–Crippen MR) is 104 cm³/mol. The molecule has 0 aromatic carbocycles. The number of carbonyl (C=O) groups excluding carboxylic acids is 7. The zero-order valence-corrected chi connectivity index (χ0v) is 18.0. The van der Waals surface area contributed by atoms with E-state index in [9.17, 15) is 43.8 Å². The first-order valence-corrected chi connectivity index (χ1v) is 10.1. The fourth-order valence-corrected chi connectivity index (χ4v) is 5.82. The summed E-state index contributed by atoms with van der Waals surface area (Å²) in [6, 6.07) is 0. The number of carbonyl (C=O) groups is 7. The van der Waals surface area contributed by atoms with Crippen molar-refractivity contribution in [2.45, 2.75) is 52.4 Å². The van der Waals surface area contributed by atoms with E-state index in [1.165, 1.54) is 0 Å². The summed E-state index contributed by atoms with van der Waals surface area (Å²) in [6.07, 6.45) is -3.78. The third-order valence-corrected chi connectivity index (χ3v) is 7.00. The Balaban J connectivity index is 2.44. The Morgan fingerprint density at radius 1 is 1.03 bits per heavy atom. The SMILES string of the molecule is CC(=O)C1=CC(=O)C2(C(=O)C(C(C)=O)C(=O)C2(C(C)=O)[C@H]2C[C@H](O)[C@@H](CO)O2)C1C(C)=O. The van der Waals surface area contributed by atoms with Gasteiger partial charge in [-0.15, -0.1) is 0 Å². The second kappa shape index (κ2) is 7.72.